The third-order valence-corrected chi connectivity index (χ3v) is 6.98. The number of hydrazone groups is 1. The van der Waals surface area contributed by atoms with Crippen molar-refractivity contribution in [3.05, 3.63) is 23.3 Å². The Balaban J connectivity index is 1.68. The van der Waals surface area contributed by atoms with E-state index in [0.29, 0.717) is 24.5 Å². The molecule has 3 aliphatic heterocycles. The molecule has 1 aromatic carbocycles. The van der Waals surface area contributed by atoms with E-state index in [1.807, 2.05) is 11.8 Å². The molecule has 5 atom stereocenters. The van der Waals surface area contributed by atoms with Crippen LogP contribution in [0.15, 0.2) is 17.2 Å². The Kier molecular flexibility index (Phi) is 2.89. The number of hydrogen-bond acceptors (Lipinski definition) is 5. The predicted octanol–water partition coefficient (Wildman–Crippen LogP) is 1.92. The second-order valence-corrected chi connectivity index (χ2v) is 8.16. The molecule has 6 nitrogen and oxygen atoms in total. The normalized spacial score (nSPS) is 38.2. The van der Waals surface area contributed by atoms with E-state index in [2.05, 4.69) is 48.7 Å². The fourth-order valence-electron chi connectivity index (χ4n) is 5.12. The molecule has 6 heteroatoms. The molecule has 0 aromatic heterocycles. The Morgan fingerprint density at radius 1 is 1.28 bits per heavy atom. The average molecular weight is 340 g/mol. The highest BCUT2D eigenvalue weighted by molar-refractivity contribution is 6.09. The van der Waals surface area contributed by atoms with Crippen LogP contribution in [0.2, 0.25) is 0 Å². The van der Waals surface area contributed by atoms with Crippen molar-refractivity contribution in [2.75, 3.05) is 18.1 Å². The zero-order chi connectivity index (χ0) is 17.5. The summed E-state index contributed by atoms with van der Waals surface area (Å²) in [5.41, 5.74) is 6.60. The molecule has 1 fully saturated rings. The van der Waals surface area contributed by atoms with E-state index >= 15 is 0 Å². The third kappa shape index (κ3) is 1.78. The van der Waals surface area contributed by atoms with Crippen LogP contribution in [0.25, 0.3) is 0 Å². The Labute approximate surface area is 147 Å². The van der Waals surface area contributed by atoms with Gasteiger partial charge >= 0.3 is 0 Å². The molecule has 3 unspecified atom stereocenters. The van der Waals surface area contributed by atoms with Gasteiger partial charge in [-0.2, -0.15) is 5.10 Å². The van der Waals surface area contributed by atoms with Crippen LogP contribution < -0.4 is 20.4 Å². The Morgan fingerprint density at radius 3 is 2.80 bits per heavy atom. The maximum atomic E-state index is 12.1. The lowest BCUT2D eigenvalue weighted by Gasteiger charge is -2.58. The number of ether oxygens (including phenoxy) is 1. The molecule has 2 N–H and O–H groups in total. The van der Waals surface area contributed by atoms with Crippen molar-refractivity contribution in [1.29, 1.82) is 0 Å². The topological polar surface area (TPSA) is 66.0 Å². The number of fused-ring (bicyclic) bond motifs is 5. The van der Waals surface area contributed by atoms with Gasteiger partial charge in [0.15, 0.2) is 5.84 Å². The summed E-state index contributed by atoms with van der Waals surface area (Å²) in [5.74, 6) is 2.47. The lowest BCUT2D eigenvalue weighted by Crippen LogP contribution is -2.66. The van der Waals surface area contributed by atoms with Crippen molar-refractivity contribution >= 4 is 17.4 Å². The summed E-state index contributed by atoms with van der Waals surface area (Å²) >= 11 is 0. The second kappa shape index (κ2) is 4.75. The first-order chi connectivity index (χ1) is 11.9. The number of benzene rings is 1. The van der Waals surface area contributed by atoms with E-state index in [1.165, 1.54) is 11.1 Å². The standard InChI is InChI=1S/C19H24N4O2/c1-9-12-6-15-14(5-13(12)10(2)19(4)8-20-17(9)19)23-11(3)18(24)22-21-16(23)7-25-15/h5-6,9-11,17,20H,7-8H2,1-4H3,(H,22,24)/t9?,10-,11-,17?,19?/m1/s1. The van der Waals surface area contributed by atoms with Crippen LogP contribution in [0, 0.1) is 5.41 Å². The van der Waals surface area contributed by atoms with Gasteiger partial charge in [0.2, 0.25) is 0 Å². The molecule has 1 aliphatic carbocycles. The lowest BCUT2D eigenvalue weighted by molar-refractivity contribution is -0.122. The molecular formula is C19H24N4O2. The molecule has 0 radical (unpaired) electrons. The summed E-state index contributed by atoms with van der Waals surface area (Å²) in [4.78, 5) is 14.1. The summed E-state index contributed by atoms with van der Waals surface area (Å²) in [5, 5.41) is 7.81. The van der Waals surface area contributed by atoms with Gasteiger partial charge in [-0.05, 0) is 42.0 Å². The van der Waals surface area contributed by atoms with E-state index in [1.54, 1.807) is 0 Å². The summed E-state index contributed by atoms with van der Waals surface area (Å²) in [6.45, 7) is 10.4. The number of rotatable bonds is 0. The predicted molar refractivity (Wildman–Crippen MR) is 96.2 cm³/mol. The van der Waals surface area contributed by atoms with Gasteiger partial charge in [0.25, 0.3) is 5.91 Å². The monoisotopic (exact) mass is 340 g/mol. The van der Waals surface area contributed by atoms with Crippen molar-refractivity contribution in [2.45, 2.75) is 51.6 Å². The van der Waals surface area contributed by atoms with Crippen molar-refractivity contribution in [3.8, 4) is 5.75 Å². The highest BCUT2D eigenvalue weighted by Gasteiger charge is 2.53. The van der Waals surface area contributed by atoms with E-state index < -0.39 is 0 Å². The van der Waals surface area contributed by atoms with E-state index in [9.17, 15) is 4.79 Å². The van der Waals surface area contributed by atoms with E-state index in [0.717, 1.165) is 23.8 Å². The van der Waals surface area contributed by atoms with Gasteiger partial charge < -0.3 is 15.0 Å². The molecule has 0 spiro atoms. The van der Waals surface area contributed by atoms with Crippen molar-refractivity contribution in [3.63, 3.8) is 0 Å². The van der Waals surface area contributed by atoms with E-state index in [-0.39, 0.29) is 17.4 Å². The number of anilines is 1. The molecule has 0 saturated carbocycles. The second-order valence-electron chi connectivity index (χ2n) is 8.16. The minimum atomic E-state index is -0.279. The number of carbonyl (C=O) groups excluding carboxylic acids is 1. The van der Waals surface area contributed by atoms with Crippen LogP contribution in [0.4, 0.5) is 5.69 Å². The van der Waals surface area contributed by atoms with Crippen LogP contribution >= 0.6 is 0 Å². The zero-order valence-electron chi connectivity index (χ0n) is 15.1. The first-order valence-electron chi connectivity index (χ1n) is 9.11. The van der Waals surface area contributed by atoms with E-state index in [4.69, 9.17) is 4.74 Å². The lowest BCUT2D eigenvalue weighted by atomic mass is 9.55. The fraction of sp³-hybridized carbons (Fsp3) is 0.579. The van der Waals surface area contributed by atoms with Crippen LogP contribution in [0.3, 0.4) is 0 Å². The molecular weight excluding hydrogens is 316 g/mol. The molecule has 1 aromatic rings. The van der Waals surface area contributed by atoms with Gasteiger partial charge in [-0.1, -0.05) is 20.8 Å². The minimum Gasteiger partial charge on any atom is -0.483 e. The molecule has 5 rings (SSSR count). The summed E-state index contributed by atoms with van der Waals surface area (Å²) in [6.07, 6.45) is 0. The van der Waals surface area contributed by atoms with Gasteiger partial charge in [-0.25, -0.2) is 5.43 Å². The quantitative estimate of drug-likeness (QED) is 0.757. The number of nitrogens with zero attached hydrogens (tertiary/aromatic N) is 2. The molecule has 1 saturated heterocycles. The zero-order valence-corrected chi connectivity index (χ0v) is 15.1. The third-order valence-electron chi connectivity index (χ3n) is 6.98. The SMILES string of the molecule is CC1c2cc3c(cc2[C@@H](C)C2(C)CNC12)N1C(=NNC(=O)[C@H]1C)CO3. The Hall–Kier alpha value is -2.08. The first-order valence-corrected chi connectivity index (χ1v) is 9.11. The highest BCUT2D eigenvalue weighted by atomic mass is 16.5. The largest absolute Gasteiger partial charge is 0.483 e. The molecule has 25 heavy (non-hydrogen) atoms. The van der Waals surface area contributed by atoms with Crippen LogP contribution in [0.5, 0.6) is 5.75 Å². The van der Waals surface area contributed by atoms with Crippen LogP contribution in [0.1, 0.15) is 50.7 Å². The maximum Gasteiger partial charge on any atom is 0.262 e. The van der Waals surface area contributed by atoms with Crippen molar-refractivity contribution in [2.24, 2.45) is 10.5 Å². The van der Waals surface area contributed by atoms with Crippen molar-refractivity contribution in [1.82, 2.24) is 10.7 Å². The Bertz CT molecular complexity index is 820. The van der Waals surface area contributed by atoms with Crippen molar-refractivity contribution < 1.29 is 9.53 Å². The minimum absolute atomic E-state index is 0.0778. The molecule has 132 valence electrons. The maximum absolute atomic E-state index is 12.1. The number of carbonyl (C=O) groups is 1. The van der Waals surface area contributed by atoms with Gasteiger partial charge in [-0.3, -0.25) is 4.79 Å². The molecule has 3 heterocycles. The smallest absolute Gasteiger partial charge is 0.262 e. The highest BCUT2D eigenvalue weighted by Crippen LogP contribution is 2.56. The number of hydrogen-bond donors (Lipinski definition) is 2. The summed E-state index contributed by atoms with van der Waals surface area (Å²) in [7, 11) is 0. The summed E-state index contributed by atoms with van der Waals surface area (Å²) < 4.78 is 5.99. The number of amides is 1. The average Bonchev–Trinajstić information content (AvgIpc) is 2.60. The molecule has 4 aliphatic rings. The van der Waals surface area contributed by atoms with Crippen LogP contribution in [-0.2, 0) is 4.79 Å². The summed E-state index contributed by atoms with van der Waals surface area (Å²) in [6, 6.07) is 4.68. The first kappa shape index (κ1) is 15.2. The Morgan fingerprint density at radius 2 is 2.08 bits per heavy atom. The van der Waals surface area contributed by atoms with Gasteiger partial charge in [0.1, 0.15) is 18.4 Å². The molecule has 1 amide bonds. The number of nitrogens with one attached hydrogen (secondary N) is 2. The fourth-order valence-corrected chi connectivity index (χ4v) is 5.12. The van der Waals surface area contributed by atoms with Crippen LogP contribution in [-0.4, -0.2) is 37.0 Å². The molecule has 0 bridgehead atoms. The number of amidine groups is 1. The van der Waals surface area contributed by atoms with Gasteiger partial charge in [0.05, 0.1) is 5.69 Å². The van der Waals surface area contributed by atoms with Gasteiger partial charge in [0, 0.05) is 18.0 Å². The van der Waals surface area contributed by atoms with Gasteiger partial charge in [-0.15, -0.1) is 0 Å².